The van der Waals surface area contributed by atoms with E-state index in [-0.39, 0.29) is 18.5 Å². The van der Waals surface area contributed by atoms with Crippen LogP contribution >= 0.6 is 15.9 Å². The highest BCUT2D eigenvalue weighted by Crippen LogP contribution is 2.37. The third kappa shape index (κ3) is 4.37. The van der Waals surface area contributed by atoms with Gasteiger partial charge in [-0.15, -0.1) is 0 Å². The lowest BCUT2D eigenvalue weighted by molar-refractivity contribution is -0.139. The Morgan fingerprint density at radius 1 is 1.25 bits per heavy atom. The van der Waals surface area contributed by atoms with Gasteiger partial charge >= 0.3 is 6.18 Å². The van der Waals surface area contributed by atoms with Crippen LogP contribution in [0.15, 0.2) is 34.9 Å². The smallest absolute Gasteiger partial charge is 0.423 e. The van der Waals surface area contributed by atoms with Crippen LogP contribution in [0.4, 0.5) is 24.8 Å². The van der Waals surface area contributed by atoms with Crippen LogP contribution in [0, 0.1) is 5.92 Å². The predicted molar refractivity (Wildman–Crippen MR) is 89.6 cm³/mol. The van der Waals surface area contributed by atoms with E-state index in [2.05, 4.69) is 25.9 Å². The summed E-state index contributed by atoms with van der Waals surface area (Å²) in [6.07, 6.45) is -3.82. The summed E-state index contributed by atoms with van der Waals surface area (Å²) in [5, 5.41) is 0. The molecule has 0 fully saturated rings. The molecule has 0 atom stereocenters. The van der Waals surface area contributed by atoms with E-state index in [1.807, 2.05) is 32.0 Å². The van der Waals surface area contributed by atoms with E-state index in [4.69, 9.17) is 4.74 Å². The second kappa shape index (κ2) is 7.38. The summed E-state index contributed by atoms with van der Waals surface area (Å²) in [6, 6.07) is 7.29. The molecule has 2 rings (SSSR count). The van der Waals surface area contributed by atoms with Crippen molar-refractivity contribution in [3.05, 3.63) is 40.5 Å². The van der Waals surface area contributed by atoms with E-state index in [0.717, 1.165) is 16.4 Å². The van der Waals surface area contributed by atoms with Gasteiger partial charge in [0.25, 0.3) is 0 Å². The van der Waals surface area contributed by atoms with Crippen molar-refractivity contribution in [2.24, 2.45) is 5.92 Å². The van der Waals surface area contributed by atoms with Crippen molar-refractivity contribution >= 4 is 27.6 Å². The fourth-order valence-electron chi connectivity index (χ4n) is 1.90. The molecule has 0 bridgehead atoms. The van der Waals surface area contributed by atoms with Crippen LogP contribution in [0.5, 0.6) is 5.88 Å². The molecule has 2 aromatic rings. The van der Waals surface area contributed by atoms with E-state index in [1.54, 1.807) is 18.0 Å². The second-order valence-corrected chi connectivity index (χ2v) is 6.46. The number of rotatable bonds is 5. The molecule has 0 saturated heterocycles. The average molecular weight is 404 g/mol. The van der Waals surface area contributed by atoms with Gasteiger partial charge in [-0.05, 0) is 34.0 Å². The van der Waals surface area contributed by atoms with Crippen LogP contribution in [-0.4, -0.2) is 23.6 Å². The Morgan fingerprint density at radius 3 is 2.50 bits per heavy atom. The first kappa shape index (κ1) is 18.5. The first-order valence-electron chi connectivity index (χ1n) is 7.25. The average Bonchev–Trinajstić information content (AvgIpc) is 2.51. The highest BCUT2D eigenvalue weighted by molar-refractivity contribution is 9.10. The molecule has 0 amide bonds. The van der Waals surface area contributed by atoms with Gasteiger partial charge in [0.05, 0.1) is 12.3 Å². The summed E-state index contributed by atoms with van der Waals surface area (Å²) in [5.74, 6) is -0.265. The Bertz CT molecular complexity index is 707. The molecule has 0 saturated carbocycles. The molecule has 24 heavy (non-hydrogen) atoms. The van der Waals surface area contributed by atoms with Gasteiger partial charge in [0.2, 0.25) is 11.8 Å². The normalized spacial score (nSPS) is 11.7. The van der Waals surface area contributed by atoms with Crippen LogP contribution < -0.4 is 9.64 Å². The standard InChI is InChI=1S/C16H17BrF3N3O/c1-10(2)9-24-14-11(16(18,19)20)8-21-15(22-14)23(3)13-7-5-4-6-12(13)17/h4-8,10H,9H2,1-3H3. The number of hydrogen-bond donors (Lipinski definition) is 0. The monoisotopic (exact) mass is 403 g/mol. The van der Waals surface area contributed by atoms with Crippen LogP contribution in [0.3, 0.4) is 0 Å². The summed E-state index contributed by atoms with van der Waals surface area (Å²) in [6.45, 7) is 3.84. The van der Waals surface area contributed by atoms with Gasteiger partial charge < -0.3 is 9.64 Å². The summed E-state index contributed by atoms with van der Waals surface area (Å²) in [7, 11) is 1.68. The summed E-state index contributed by atoms with van der Waals surface area (Å²) < 4.78 is 45.4. The Hall–Kier alpha value is -1.83. The zero-order valence-corrected chi connectivity index (χ0v) is 15.0. The molecule has 1 aromatic carbocycles. The van der Waals surface area contributed by atoms with Gasteiger partial charge in [-0.1, -0.05) is 26.0 Å². The number of alkyl halides is 3. The predicted octanol–water partition coefficient (Wildman–Crippen LogP) is 5.06. The van der Waals surface area contributed by atoms with Crippen molar-refractivity contribution in [3.63, 3.8) is 0 Å². The molecule has 130 valence electrons. The Kier molecular flexibility index (Phi) is 5.69. The lowest BCUT2D eigenvalue weighted by Gasteiger charge is -2.21. The zero-order valence-electron chi connectivity index (χ0n) is 13.4. The molecule has 0 radical (unpaired) electrons. The van der Waals surface area contributed by atoms with E-state index < -0.39 is 17.6 Å². The third-order valence-corrected chi connectivity index (χ3v) is 3.78. The maximum atomic E-state index is 13.1. The molecule has 0 aliphatic heterocycles. The fourth-order valence-corrected chi connectivity index (χ4v) is 2.45. The van der Waals surface area contributed by atoms with Crippen molar-refractivity contribution in [1.29, 1.82) is 0 Å². The first-order valence-corrected chi connectivity index (χ1v) is 8.04. The highest BCUT2D eigenvalue weighted by atomic mass is 79.9. The lowest BCUT2D eigenvalue weighted by Crippen LogP contribution is -2.18. The number of ether oxygens (including phenoxy) is 1. The number of halogens is 4. The molecular formula is C16H17BrF3N3O. The molecule has 1 aromatic heterocycles. The molecule has 8 heteroatoms. The number of anilines is 2. The minimum Gasteiger partial charge on any atom is -0.477 e. The first-order chi connectivity index (χ1) is 11.2. The minimum atomic E-state index is -4.57. The number of benzene rings is 1. The summed E-state index contributed by atoms with van der Waals surface area (Å²) in [5.41, 5.74) is -0.250. The van der Waals surface area contributed by atoms with Gasteiger partial charge in [0.1, 0.15) is 5.56 Å². The number of hydrogen-bond acceptors (Lipinski definition) is 4. The van der Waals surface area contributed by atoms with E-state index in [1.165, 1.54) is 0 Å². The molecular weight excluding hydrogens is 387 g/mol. The van der Waals surface area contributed by atoms with Crippen LogP contribution in [0.2, 0.25) is 0 Å². The van der Waals surface area contributed by atoms with Gasteiger partial charge in [-0.2, -0.15) is 18.2 Å². The fraction of sp³-hybridized carbons (Fsp3) is 0.375. The molecule has 0 aliphatic rings. The SMILES string of the molecule is CC(C)COc1nc(N(C)c2ccccc2Br)ncc1C(F)(F)F. The van der Waals surface area contributed by atoms with Crippen LogP contribution in [0.25, 0.3) is 0 Å². The summed E-state index contributed by atoms with van der Waals surface area (Å²) in [4.78, 5) is 9.41. The number of para-hydroxylation sites is 1. The molecule has 0 unspecified atom stereocenters. The highest BCUT2D eigenvalue weighted by Gasteiger charge is 2.36. The third-order valence-electron chi connectivity index (χ3n) is 3.11. The maximum Gasteiger partial charge on any atom is 0.423 e. The minimum absolute atomic E-state index is 0.0745. The Balaban J connectivity index is 2.41. The van der Waals surface area contributed by atoms with Gasteiger partial charge in [-0.3, -0.25) is 0 Å². The van der Waals surface area contributed by atoms with Crippen molar-refractivity contribution in [2.75, 3.05) is 18.6 Å². The van der Waals surface area contributed by atoms with E-state index in [9.17, 15) is 13.2 Å². The van der Waals surface area contributed by atoms with Crippen molar-refractivity contribution in [3.8, 4) is 5.88 Å². The molecule has 1 heterocycles. The van der Waals surface area contributed by atoms with Crippen LogP contribution in [0.1, 0.15) is 19.4 Å². The lowest BCUT2D eigenvalue weighted by atomic mass is 10.2. The topological polar surface area (TPSA) is 38.2 Å². The molecule has 4 nitrogen and oxygen atoms in total. The Morgan fingerprint density at radius 2 is 1.92 bits per heavy atom. The van der Waals surface area contributed by atoms with E-state index >= 15 is 0 Å². The second-order valence-electron chi connectivity index (χ2n) is 5.60. The van der Waals surface area contributed by atoms with Crippen LogP contribution in [-0.2, 0) is 6.18 Å². The van der Waals surface area contributed by atoms with Crippen molar-refractivity contribution < 1.29 is 17.9 Å². The van der Waals surface area contributed by atoms with E-state index in [0.29, 0.717) is 0 Å². The molecule has 0 N–H and O–H groups in total. The number of nitrogens with zero attached hydrogens (tertiary/aromatic N) is 3. The van der Waals surface area contributed by atoms with Gasteiger partial charge in [0, 0.05) is 17.7 Å². The number of aromatic nitrogens is 2. The Labute approximate surface area is 146 Å². The van der Waals surface area contributed by atoms with Gasteiger partial charge in [-0.25, -0.2) is 4.98 Å². The quantitative estimate of drug-likeness (QED) is 0.698. The maximum absolute atomic E-state index is 13.1. The zero-order chi connectivity index (χ0) is 17.9. The van der Waals surface area contributed by atoms with Crippen molar-refractivity contribution in [1.82, 2.24) is 9.97 Å². The van der Waals surface area contributed by atoms with Gasteiger partial charge in [0.15, 0.2) is 0 Å². The molecule has 0 spiro atoms. The summed E-state index contributed by atoms with van der Waals surface area (Å²) >= 11 is 3.40. The van der Waals surface area contributed by atoms with Crippen molar-refractivity contribution in [2.45, 2.75) is 20.0 Å². The largest absolute Gasteiger partial charge is 0.477 e. The molecule has 0 aliphatic carbocycles.